The minimum Gasteiger partial charge on any atom is -0.369 e. The highest BCUT2D eigenvalue weighted by molar-refractivity contribution is 7.17. The summed E-state index contributed by atoms with van der Waals surface area (Å²) in [7, 11) is 0. The fourth-order valence-electron chi connectivity index (χ4n) is 1.59. The zero-order chi connectivity index (χ0) is 7.97. The Hall–Kier alpha value is -1.09. The lowest BCUT2D eigenvalue weighted by Crippen LogP contribution is -1.92. The van der Waals surface area contributed by atoms with Crippen LogP contribution in [0.5, 0.6) is 0 Å². The van der Waals surface area contributed by atoms with Crippen LogP contribution in [0.1, 0.15) is 5.56 Å². The van der Waals surface area contributed by atoms with E-state index in [0.717, 1.165) is 24.3 Å². The van der Waals surface area contributed by atoms with Gasteiger partial charge in [0.1, 0.15) is 5.82 Å². The third-order valence-corrected chi connectivity index (χ3v) is 3.05. The van der Waals surface area contributed by atoms with Crippen LogP contribution < -0.4 is 5.32 Å². The van der Waals surface area contributed by atoms with Gasteiger partial charge in [-0.3, -0.25) is 0 Å². The van der Waals surface area contributed by atoms with E-state index in [1.807, 2.05) is 0 Å². The van der Waals surface area contributed by atoms with Gasteiger partial charge in [-0.15, -0.1) is 11.3 Å². The number of thiophene rings is 1. The summed E-state index contributed by atoms with van der Waals surface area (Å²) >= 11 is 1.76. The minimum atomic E-state index is 1.04. The third kappa shape index (κ3) is 0.770. The molecule has 0 saturated heterocycles. The van der Waals surface area contributed by atoms with E-state index in [1.54, 1.807) is 11.3 Å². The molecule has 0 spiro atoms. The molecular weight excluding hydrogens is 168 g/mol. The van der Waals surface area contributed by atoms with Crippen molar-refractivity contribution >= 4 is 27.4 Å². The van der Waals surface area contributed by atoms with Crippen LogP contribution in [0.25, 0.3) is 10.2 Å². The van der Waals surface area contributed by atoms with Crippen molar-refractivity contribution in [3.05, 3.63) is 23.1 Å². The highest BCUT2D eigenvalue weighted by Crippen LogP contribution is 2.27. The van der Waals surface area contributed by atoms with Gasteiger partial charge in [-0.2, -0.15) is 0 Å². The Morgan fingerprint density at radius 3 is 3.50 bits per heavy atom. The zero-order valence-corrected chi connectivity index (χ0v) is 7.32. The summed E-state index contributed by atoms with van der Waals surface area (Å²) in [5.74, 6) is 1.08. The van der Waals surface area contributed by atoms with Crippen LogP contribution in [0.3, 0.4) is 0 Å². The molecule has 1 N–H and O–H groups in total. The van der Waals surface area contributed by atoms with Gasteiger partial charge < -0.3 is 5.32 Å². The molecule has 3 heterocycles. The molecule has 3 heteroatoms. The second kappa shape index (κ2) is 2.20. The summed E-state index contributed by atoms with van der Waals surface area (Å²) in [4.78, 5) is 4.52. The Labute approximate surface area is 74.2 Å². The maximum absolute atomic E-state index is 4.52. The molecule has 0 amide bonds. The monoisotopic (exact) mass is 176 g/mol. The summed E-state index contributed by atoms with van der Waals surface area (Å²) in [6.45, 7) is 1.04. The molecule has 0 unspecified atom stereocenters. The summed E-state index contributed by atoms with van der Waals surface area (Å²) in [6.07, 6.45) is 1.12. The van der Waals surface area contributed by atoms with E-state index >= 15 is 0 Å². The highest BCUT2D eigenvalue weighted by atomic mass is 32.1. The summed E-state index contributed by atoms with van der Waals surface area (Å²) in [5, 5.41) is 5.37. The second-order valence-corrected chi connectivity index (χ2v) is 3.92. The molecule has 60 valence electrons. The lowest BCUT2D eigenvalue weighted by atomic mass is 10.2. The van der Waals surface area contributed by atoms with Gasteiger partial charge in [-0.1, -0.05) is 0 Å². The molecule has 0 radical (unpaired) electrons. The zero-order valence-electron chi connectivity index (χ0n) is 6.50. The topological polar surface area (TPSA) is 24.9 Å². The van der Waals surface area contributed by atoms with E-state index in [4.69, 9.17) is 0 Å². The van der Waals surface area contributed by atoms with Crippen molar-refractivity contribution in [1.29, 1.82) is 0 Å². The Balaban J connectivity index is 2.38. The average molecular weight is 176 g/mol. The van der Waals surface area contributed by atoms with Crippen molar-refractivity contribution in [1.82, 2.24) is 4.98 Å². The molecule has 0 saturated carbocycles. The number of hydrogen-bond donors (Lipinski definition) is 1. The van der Waals surface area contributed by atoms with Crippen molar-refractivity contribution in [2.75, 3.05) is 11.9 Å². The molecule has 0 aliphatic carbocycles. The number of nitrogens with zero attached hydrogens (tertiary/aromatic N) is 1. The molecule has 2 aromatic heterocycles. The second-order valence-electron chi connectivity index (χ2n) is 2.98. The maximum Gasteiger partial charge on any atom is 0.130 e. The van der Waals surface area contributed by atoms with E-state index in [0.29, 0.717) is 0 Å². The quantitative estimate of drug-likeness (QED) is 0.666. The standard InChI is InChI=1S/C9H8N2S/c1-3-10-9-6(1)5-8-7(11-9)2-4-12-8/h2,4-5H,1,3H2,(H,10,11). The summed E-state index contributed by atoms with van der Waals surface area (Å²) in [6, 6.07) is 4.32. The van der Waals surface area contributed by atoms with Crippen LogP contribution in [-0.2, 0) is 6.42 Å². The number of anilines is 1. The largest absolute Gasteiger partial charge is 0.369 e. The highest BCUT2D eigenvalue weighted by Gasteiger charge is 2.12. The van der Waals surface area contributed by atoms with E-state index in [9.17, 15) is 0 Å². The van der Waals surface area contributed by atoms with Gasteiger partial charge in [0.05, 0.1) is 10.2 Å². The fraction of sp³-hybridized carbons (Fsp3) is 0.222. The fourth-order valence-corrected chi connectivity index (χ4v) is 2.38. The molecule has 3 rings (SSSR count). The van der Waals surface area contributed by atoms with E-state index in [-0.39, 0.29) is 0 Å². The first-order valence-corrected chi connectivity index (χ1v) is 4.92. The van der Waals surface area contributed by atoms with Crippen molar-refractivity contribution < 1.29 is 0 Å². The van der Waals surface area contributed by atoms with Gasteiger partial charge in [-0.05, 0) is 29.5 Å². The normalized spacial score (nSPS) is 14.7. The first kappa shape index (κ1) is 6.43. The van der Waals surface area contributed by atoms with Gasteiger partial charge >= 0.3 is 0 Å². The average Bonchev–Trinajstić information content (AvgIpc) is 2.64. The lowest BCUT2D eigenvalue weighted by Gasteiger charge is -1.97. The van der Waals surface area contributed by atoms with E-state index in [2.05, 4.69) is 27.8 Å². The van der Waals surface area contributed by atoms with Crippen LogP contribution >= 0.6 is 11.3 Å². The molecule has 0 fully saturated rings. The molecule has 0 atom stereocenters. The van der Waals surface area contributed by atoms with Gasteiger partial charge in [0.2, 0.25) is 0 Å². The van der Waals surface area contributed by atoms with Crippen LogP contribution in [0.15, 0.2) is 17.5 Å². The molecule has 2 nitrogen and oxygen atoms in total. The summed E-state index contributed by atoms with van der Waals surface area (Å²) in [5.41, 5.74) is 2.48. The Morgan fingerprint density at radius 1 is 1.50 bits per heavy atom. The van der Waals surface area contributed by atoms with Crippen molar-refractivity contribution in [2.45, 2.75) is 6.42 Å². The van der Waals surface area contributed by atoms with E-state index < -0.39 is 0 Å². The van der Waals surface area contributed by atoms with Crippen molar-refractivity contribution in [2.24, 2.45) is 0 Å². The predicted molar refractivity (Wildman–Crippen MR) is 51.8 cm³/mol. The predicted octanol–water partition coefficient (Wildman–Crippen LogP) is 2.26. The SMILES string of the molecule is c1cc2nc3c(cc2s1)CCN3. The molecule has 12 heavy (non-hydrogen) atoms. The van der Waals surface area contributed by atoms with Gasteiger partial charge in [-0.25, -0.2) is 4.98 Å². The van der Waals surface area contributed by atoms with Crippen LogP contribution in [0, 0.1) is 0 Å². The number of aromatic nitrogens is 1. The molecule has 0 aromatic carbocycles. The van der Waals surface area contributed by atoms with Gasteiger partial charge in [0.15, 0.2) is 0 Å². The van der Waals surface area contributed by atoms with Crippen LogP contribution in [0.4, 0.5) is 5.82 Å². The number of pyridine rings is 1. The number of hydrogen-bond acceptors (Lipinski definition) is 3. The third-order valence-electron chi connectivity index (χ3n) is 2.20. The maximum atomic E-state index is 4.52. The van der Waals surface area contributed by atoms with Gasteiger partial charge in [0, 0.05) is 6.54 Å². The van der Waals surface area contributed by atoms with Crippen molar-refractivity contribution in [3.63, 3.8) is 0 Å². The van der Waals surface area contributed by atoms with Crippen molar-refractivity contribution in [3.8, 4) is 0 Å². The molecule has 2 aromatic rings. The first-order chi connectivity index (χ1) is 5.93. The van der Waals surface area contributed by atoms with Crippen LogP contribution in [-0.4, -0.2) is 11.5 Å². The Bertz CT molecular complexity index is 395. The first-order valence-electron chi connectivity index (χ1n) is 4.04. The Kier molecular flexibility index (Phi) is 1.18. The number of fused-ring (bicyclic) bond motifs is 2. The molecule has 1 aliphatic rings. The number of rotatable bonds is 0. The summed E-state index contributed by atoms with van der Waals surface area (Å²) < 4.78 is 1.30. The molecular formula is C9H8N2S. The minimum absolute atomic E-state index is 1.04. The smallest absolute Gasteiger partial charge is 0.130 e. The van der Waals surface area contributed by atoms with Crippen LogP contribution in [0.2, 0.25) is 0 Å². The molecule has 0 bridgehead atoms. The lowest BCUT2D eigenvalue weighted by molar-refractivity contribution is 1.11. The van der Waals surface area contributed by atoms with Gasteiger partial charge in [0.25, 0.3) is 0 Å². The van der Waals surface area contributed by atoms with E-state index in [1.165, 1.54) is 10.3 Å². The Morgan fingerprint density at radius 2 is 2.50 bits per heavy atom. The molecule has 1 aliphatic heterocycles. The number of nitrogens with one attached hydrogen (secondary N) is 1.